The highest BCUT2D eigenvalue weighted by molar-refractivity contribution is 5.96. The SMILES string of the molecule is COc1ccc(/C=C(/C#N)c2c(C#N)c(N)nc(N3CCCCC3)c2C#N)cc1. The lowest BCUT2D eigenvalue weighted by Gasteiger charge is -2.29. The second-order valence-electron chi connectivity index (χ2n) is 6.66. The maximum atomic E-state index is 9.90. The molecule has 1 saturated heterocycles. The molecule has 0 radical (unpaired) electrons. The van der Waals surface area contributed by atoms with Crippen LogP contribution in [0.3, 0.4) is 0 Å². The lowest BCUT2D eigenvalue weighted by atomic mass is 9.94. The van der Waals surface area contributed by atoms with Gasteiger partial charge in [-0.15, -0.1) is 0 Å². The Morgan fingerprint density at radius 2 is 1.72 bits per heavy atom. The summed E-state index contributed by atoms with van der Waals surface area (Å²) < 4.78 is 5.15. The van der Waals surface area contributed by atoms with Crippen LogP contribution in [0.2, 0.25) is 0 Å². The van der Waals surface area contributed by atoms with Crippen molar-refractivity contribution in [3.8, 4) is 24.0 Å². The molecule has 0 aliphatic carbocycles. The van der Waals surface area contributed by atoms with Crippen LogP contribution < -0.4 is 15.4 Å². The van der Waals surface area contributed by atoms with Gasteiger partial charge in [-0.05, 0) is 43.0 Å². The van der Waals surface area contributed by atoms with Crippen molar-refractivity contribution in [2.75, 3.05) is 30.8 Å². The molecule has 0 spiro atoms. The van der Waals surface area contributed by atoms with Gasteiger partial charge in [-0.3, -0.25) is 0 Å². The van der Waals surface area contributed by atoms with Gasteiger partial charge < -0.3 is 15.4 Å². The van der Waals surface area contributed by atoms with Crippen LogP contribution in [-0.4, -0.2) is 25.2 Å². The molecule has 29 heavy (non-hydrogen) atoms. The summed E-state index contributed by atoms with van der Waals surface area (Å²) in [7, 11) is 1.58. The molecular formula is C22H20N6O. The Balaban J connectivity index is 2.20. The van der Waals surface area contributed by atoms with E-state index in [4.69, 9.17) is 10.5 Å². The highest BCUT2D eigenvalue weighted by atomic mass is 16.5. The Labute approximate surface area is 169 Å². The first kappa shape index (κ1) is 19.7. The van der Waals surface area contributed by atoms with Gasteiger partial charge in [0.15, 0.2) is 0 Å². The van der Waals surface area contributed by atoms with Crippen molar-refractivity contribution in [1.82, 2.24) is 4.98 Å². The predicted molar refractivity (Wildman–Crippen MR) is 111 cm³/mol. The molecule has 144 valence electrons. The summed E-state index contributed by atoms with van der Waals surface area (Å²) >= 11 is 0. The molecule has 1 aromatic heterocycles. The fraction of sp³-hybridized carbons (Fsp3) is 0.273. The van der Waals surface area contributed by atoms with Crippen LogP contribution in [0.15, 0.2) is 24.3 Å². The van der Waals surface area contributed by atoms with Crippen LogP contribution in [-0.2, 0) is 0 Å². The van der Waals surface area contributed by atoms with Gasteiger partial charge in [0.2, 0.25) is 0 Å². The van der Waals surface area contributed by atoms with E-state index < -0.39 is 0 Å². The summed E-state index contributed by atoms with van der Waals surface area (Å²) in [4.78, 5) is 6.36. The van der Waals surface area contributed by atoms with Gasteiger partial charge >= 0.3 is 0 Å². The summed E-state index contributed by atoms with van der Waals surface area (Å²) in [6.07, 6.45) is 4.75. The minimum atomic E-state index is 0.0259. The Kier molecular flexibility index (Phi) is 5.97. The summed E-state index contributed by atoms with van der Waals surface area (Å²) in [6, 6.07) is 13.4. The Morgan fingerprint density at radius 3 is 2.28 bits per heavy atom. The summed E-state index contributed by atoms with van der Waals surface area (Å²) in [5.41, 5.74) is 7.48. The van der Waals surface area contributed by atoms with E-state index in [0.29, 0.717) is 11.6 Å². The predicted octanol–water partition coefficient (Wildman–Crippen LogP) is 3.47. The van der Waals surface area contributed by atoms with Crippen LogP contribution in [0.25, 0.3) is 11.6 Å². The highest BCUT2D eigenvalue weighted by Gasteiger charge is 2.25. The van der Waals surface area contributed by atoms with Crippen LogP contribution in [0.1, 0.15) is 41.5 Å². The van der Waals surface area contributed by atoms with Crippen LogP contribution in [0.5, 0.6) is 5.75 Å². The van der Waals surface area contributed by atoms with Gasteiger partial charge in [-0.1, -0.05) is 12.1 Å². The molecule has 2 heterocycles. The first-order chi connectivity index (χ1) is 14.1. The second kappa shape index (κ2) is 8.78. The molecule has 7 nitrogen and oxygen atoms in total. The molecule has 0 unspecified atom stereocenters. The van der Waals surface area contributed by atoms with Crippen molar-refractivity contribution >= 4 is 23.3 Å². The summed E-state index contributed by atoms with van der Waals surface area (Å²) in [5, 5.41) is 29.4. The Hall–Kier alpha value is -4.02. The molecule has 1 aromatic carbocycles. The van der Waals surface area contributed by atoms with E-state index in [-0.39, 0.29) is 28.1 Å². The number of benzene rings is 1. The van der Waals surface area contributed by atoms with Crippen molar-refractivity contribution < 1.29 is 4.74 Å². The number of aromatic nitrogens is 1. The number of rotatable bonds is 4. The molecule has 1 aliphatic heterocycles. The van der Waals surface area contributed by atoms with E-state index in [1.807, 2.05) is 11.0 Å². The number of piperidine rings is 1. The van der Waals surface area contributed by atoms with E-state index in [1.165, 1.54) is 0 Å². The highest BCUT2D eigenvalue weighted by Crippen LogP contribution is 2.34. The molecule has 0 atom stereocenters. The fourth-order valence-corrected chi connectivity index (χ4v) is 3.44. The number of nitrogens with two attached hydrogens (primary N) is 1. The molecule has 3 rings (SSSR count). The zero-order valence-corrected chi connectivity index (χ0v) is 16.1. The number of pyridine rings is 1. The van der Waals surface area contributed by atoms with Crippen LogP contribution in [0.4, 0.5) is 11.6 Å². The van der Waals surface area contributed by atoms with Crippen LogP contribution in [0, 0.1) is 34.0 Å². The van der Waals surface area contributed by atoms with Gasteiger partial charge in [-0.25, -0.2) is 4.98 Å². The number of methoxy groups -OCH3 is 1. The standard InChI is InChI=1S/C22H20N6O/c1-29-17-7-5-15(6-8-17)11-16(12-23)20-18(13-24)21(26)27-22(19(20)14-25)28-9-3-2-4-10-28/h5-8,11H,2-4,9-10H2,1H3,(H2,26,27)/b16-11-. The molecule has 0 bridgehead atoms. The van der Waals surface area contributed by atoms with Crippen molar-refractivity contribution in [3.05, 3.63) is 46.5 Å². The smallest absolute Gasteiger partial charge is 0.149 e. The maximum Gasteiger partial charge on any atom is 0.149 e. The zero-order valence-electron chi connectivity index (χ0n) is 16.1. The number of ether oxygens (including phenoxy) is 1. The number of nitrogen functional groups attached to an aromatic ring is 1. The van der Waals surface area contributed by atoms with Crippen LogP contribution >= 0.6 is 0 Å². The third kappa shape index (κ3) is 3.98. The lowest BCUT2D eigenvalue weighted by molar-refractivity contribution is 0.415. The van der Waals surface area contributed by atoms with E-state index in [1.54, 1.807) is 37.5 Å². The molecule has 2 aromatic rings. The first-order valence-electron chi connectivity index (χ1n) is 9.27. The van der Waals surface area contributed by atoms with Crippen molar-refractivity contribution in [2.24, 2.45) is 0 Å². The Morgan fingerprint density at radius 1 is 1.07 bits per heavy atom. The molecule has 7 heteroatoms. The molecule has 0 saturated carbocycles. The average Bonchev–Trinajstić information content (AvgIpc) is 2.77. The minimum absolute atomic E-state index is 0.0259. The number of nitrogens with zero attached hydrogens (tertiary/aromatic N) is 5. The summed E-state index contributed by atoms with van der Waals surface area (Å²) in [5.74, 6) is 1.16. The van der Waals surface area contributed by atoms with Gasteiger partial charge in [0.05, 0.1) is 18.8 Å². The number of hydrogen-bond acceptors (Lipinski definition) is 7. The number of hydrogen-bond donors (Lipinski definition) is 1. The minimum Gasteiger partial charge on any atom is -0.497 e. The molecule has 2 N–H and O–H groups in total. The average molecular weight is 384 g/mol. The third-order valence-corrected chi connectivity index (χ3v) is 4.90. The fourth-order valence-electron chi connectivity index (χ4n) is 3.44. The van der Waals surface area contributed by atoms with E-state index in [2.05, 4.69) is 17.1 Å². The number of allylic oxidation sites excluding steroid dienone is 1. The molecular weight excluding hydrogens is 364 g/mol. The van der Waals surface area contributed by atoms with Crippen molar-refractivity contribution in [1.29, 1.82) is 15.8 Å². The third-order valence-electron chi connectivity index (χ3n) is 4.90. The first-order valence-corrected chi connectivity index (χ1v) is 9.27. The second-order valence-corrected chi connectivity index (χ2v) is 6.66. The number of anilines is 2. The quantitative estimate of drug-likeness (QED) is 0.801. The van der Waals surface area contributed by atoms with Gasteiger partial charge in [-0.2, -0.15) is 15.8 Å². The number of nitriles is 3. The van der Waals surface area contributed by atoms with E-state index >= 15 is 0 Å². The van der Waals surface area contributed by atoms with Gasteiger partial charge in [0, 0.05) is 18.7 Å². The van der Waals surface area contributed by atoms with Crippen molar-refractivity contribution in [2.45, 2.75) is 19.3 Å². The van der Waals surface area contributed by atoms with Gasteiger partial charge in [0.1, 0.15) is 40.7 Å². The largest absolute Gasteiger partial charge is 0.497 e. The molecule has 1 fully saturated rings. The topological polar surface area (TPSA) is 123 Å². The van der Waals surface area contributed by atoms with Crippen molar-refractivity contribution in [3.63, 3.8) is 0 Å². The van der Waals surface area contributed by atoms with E-state index in [9.17, 15) is 15.8 Å². The summed E-state index contributed by atoms with van der Waals surface area (Å²) in [6.45, 7) is 1.52. The maximum absolute atomic E-state index is 9.90. The zero-order chi connectivity index (χ0) is 20.8. The normalized spacial score (nSPS) is 13.9. The monoisotopic (exact) mass is 384 g/mol. The lowest BCUT2D eigenvalue weighted by Crippen LogP contribution is -2.31. The Bertz CT molecular complexity index is 1060. The van der Waals surface area contributed by atoms with Gasteiger partial charge in [0.25, 0.3) is 0 Å². The molecule has 1 aliphatic rings. The molecule has 0 amide bonds. The van der Waals surface area contributed by atoms with E-state index in [0.717, 1.165) is 37.9 Å².